The van der Waals surface area contributed by atoms with Gasteiger partial charge in [0.05, 0.1) is 13.2 Å². The van der Waals surface area contributed by atoms with Crippen molar-refractivity contribution in [3.05, 3.63) is 0 Å². The zero-order valence-corrected chi connectivity index (χ0v) is 12.9. The summed E-state index contributed by atoms with van der Waals surface area (Å²) in [6, 6.07) is 0. The Morgan fingerprint density at radius 3 is 1.33 bits per heavy atom. The predicted molar refractivity (Wildman–Crippen MR) is 66.0 cm³/mol. The van der Waals surface area contributed by atoms with Crippen LogP contribution in [0.5, 0.6) is 0 Å². The van der Waals surface area contributed by atoms with Gasteiger partial charge in [-0.25, -0.2) is 9.59 Å². The molecule has 0 aromatic rings. The van der Waals surface area contributed by atoms with E-state index in [1.54, 1.807) is 0 Å². The van der Waals surface area contributed by atoms with Gasteiger partial charge in [-0.05, 0) is 13.8 Å². The molecular formula is C8H16O11P2. The van der Waals surface area contributed by atoms with Gasteiger partial charge >= 0.3 is 27.1 Å². The Hall–Kier alpha value is -0.800. The van der Waals surface area contributed by atoms with Gasteiger partial charge < -0.3 is 33.8 Å². The van der Waals surface area contributed by atoms with Crippen LogP contribution in [0.25, 0.3) is 0 Å². The first-order chi connectivity index (χ1) is 9.45. The summed E-state index contributed by atoms with van der Waals surface area (Å²) in [6.07, 6.45) is 0. The largest absolute Gasteiger partial charge is 0.464 e. The molecule has 4 N–H and O–H groups in total. The fourth-order valence-corrected chi connectivity index (χ4v) is 2.45. The summed E-state index contributed by atoms with van der Waals surface area (Å²) in [4.78, 5) is 58.7. The van der Waals surface area contributed by atoms with E-state index in [2.05, 4.69) is 14.2 Å². The molecule has 0 rings (SSSR count). The first-order valence-electron chi connectivity index (χ1n) is 5.54. The van der Waals surface area contributed by atoms with Gasteiger partial charge in [-0.15, -0.1) is 0 Å². The molecule has 0 saturated heterocycles. The van der Waals surface area contributed by atoms with Crippen LogP contribution < -0.4 is 0 Å². The third kappa shape index (κ3) is 6.66. The molecule has 0 aromatic carbocycles. The van der Waals surface area contributed by atoms with E-state index in [4.69, 9.17) is 19.6 Å². The molecule has 13 heteroatoms. The average molecular weight is 350 g/mol. The van der Waals surface area contributed by atoms with E-state index in [0.29, 0.717) is 0 Å². The van der Waals surface area contributed by atoms with Crippen LogP contribution >= 0.6 is 15.2 Å². The minimum atomic E-state index is -5.29. The molecule has 0 bridgehead atoms. The van der Waals surface area contributed by atoms with Gasteiger partial charge in [-0.1, -0.05) is 0 Å². The van der Waals surface area contributed by atoms with Crippen LogP contribution in [0.1, 0.15) is 13.8 Å². The molecule has 0 aliphatic heterocycles. The van der Waals surface area contributed by atoms with Gasteiger partial charge in [0.15, 0.2) is 0 Å². The zero-order valence-electron chi connectivity index (χ0n) is 11.1. The first kappa shape index (κ1) is 20.2. The maximum atomic E-state index is 11.4. The molecule has 21 heavy (non-hydrogen) atoms. The van der Waals surface area contributed by atoms with E-state index < -0.39 is 38.8 Å². The van der Waals surface area contributed by atoms with E-state index in [1.165, 1.54) is 13.8 Å². The van der Waals surface area contributed by atoms with Crippen molar-refractivity contribution in [1.29, 1.82) is 0 Å². The molecular weight excluding hydrogens is 334 g/mol. The van der Waals surface area contributed by atoms with Crippen molar-refractivity contribution in [3.63, 3.8) is 0 Å². The first-order valence-corrected chi connectivity index (χ1v) is 8.90. The SMILES string of the molecule is CCOC(=O)C(OC(C(=O)OCC)P(=O)(O)O)P(=O)(O)O. The van der Waals surface area contributed by atoms with E-state index in [0.717, 1.165) is 0 Å². The molecule has 0 aromatic heterocycles. The minimum absolute atomic E-state index is 0.265. The zero-order chi connectivity index (χ0) is 16.8. The third-order valence-corrected chi connectivity index (χ3v) is 3.73. The maximum absolute atomic E-state index is 11.4. The Balaban J connectivity index is 5.42. The highest BCUT2D eigenvalue weighted by atomic mass is 31.2. The molecule has 0 amide bonds. The fraction of sp³-hybridized carbons (Fsp3) is 0.750. The standard InChI is InChI=1S/C8H16O11P2/c1-3-17-5(9)7(20(11,12)13)19-8(21(14,15)16)6(10)18-4-2/h7-8H,3-4H2,1-2H3,(H2,11,12,13)(H2,14,15,16). The summed E-state index contributed by atoms with van der Waals surface area (Å²) >= 11 is 0. The van der Waals surface area contributed by atoms with E-state index in [9.17, 15) is 18.7 Å². The quantitative estimate of drug-likeness (QED) is 0.316. The second-order valence-corrected chi connectivity index (χ2v) is 6.82. The lowest BCUT2D eigenvalue weighted by atomic mass is 10.6. The average Bonchev–Trinajstić information content (AvgIpc) is 2.26. The lowest BCUT2D eigenvalue weighted by molar-refractivity contribution is -0.162. The highest BCUT2D eigenvalue weighted by Gasteiger charge is 2.48. The third-order valence-electron chi connectivity index (χ3n) is 1.85. The smallest absolute Gasteiger partial charge is 0.365 e. The lowest BCUT2D eigenvalue weighted by Crippen LogP contribution is -2.36. The van der Waals surface area contributed by atoms with Crippen molar-refractivity contribution in [2.45, 2.75) is 25.5 Å². The normalized spacial score (nSPS) is 15.1. The van der Waals surface area contributed by atoms with E-state index in [-0.39, 0.29) is 13.2 Å². The fourth-order valence-electron chi connectivity index (χ4n) is 1.09. The summed E-state index contributed by atoms with van der Waals surface area (Å²) in [5.74, 6) is -8.43. The van der Waals surface area contributed by atoms with Crippen molar-refractivity contribution < 1.29 is 52.5 Å². The summed E-state index contributed by atoms with van der Waals surface area (Å²) in [6.45, 7) is 2.14. The second-order valence-electron chi connectivity index (χ2n) is 3.52. The van der Waals surface area contributed by atoms with Crippen LogP contribution in [-0.2, 0) is 32.9 Å². The van der Waals surface area contributed by atoms with Gasteiger partial charge in [0.25, 0.3) is 11.7 Å². The second kappa shape index (κ2) is 8.00. The predicted octanol–water partition coefficient (Wildman–Crippen LogP) is -0.863. The summed E-state index contributed by atoms with van der Waals surface area (Å²) in [5.41, 5.74) is 0. The molecule has 0 aliphatic carbocycles. The highest BCUT2D eigenvalue weighted by molar-refractivity contribution is 7.54. The topological polar surface area (TPSA) is 177 Å². The number of hydrogen-bond acceptors (Lipinski definition) is 7. The van der Waals surface area contributed by atoms with Crippen LogP contribution in [0, 0.1) is 0 Å². The molecule has 0 heterocycles. The van der Waals surface area contributed by atoms with E-state index in [1.807, 2.05) is 0 Å². The van der Waals surface area contributed by atoms with Crippen molar-refractivity contribution in [3.8, 4) is 0 Å². The molecule has 0 saturated carbocycles. The van der Waals surface area contributed by atoms with Crippen LogP contribution in [0.3, 0.4) is 0 Å². The maximum Gasteiger partial charge on any atom is 0.365 e. The Morgan fingerprint density at radius 1 is 0.857 bits per heavy atom. The Bertz CT molecular complexity index is 421. The molecule has 2 atom stereocenters. The van der Waals surface area contributed by atoms with Gasteiger partial charge in [-0.2, -0.15) is 0 Å². The van der Waals surface area contributed by atoms with Gasteiger partial charge in [0.1, 0.15) is 0 Å². The van der Waals surface area contributed by atoms with E-state index >= 15 is 0 Å². The van der Waals surface area contributed by atoms with Gasteiger partial charge in [-0.3, -0.25) is 9.13 Å². The molecule has 0 aliphatic rings. The molecule has 2 unspecified atom stereocenters. The van der Waals surface area contributed by atoms with Crippen LogP contribution in [0.4, 0.5) is 0 Å². The Morgan fingerprint density at radius 2 is 1.14 bits per heavy atom. The molecule has 0 spiro atoms. The minimum Gasteiger partial charge on any atom is -0.464 e. The van der Waals surface area contributed by atoms with Gasteiger partial charge in [0.2, 0.25) is 0 Å². The number of hydrogen-bond donors (Lipinski definition) is 4. The number of ether oxygens (including phenoxy) is 3. The highest BCUT2D eigenvalue weighted by Crippen LogP contribution is 2.49. The summed E-state index contributed by atoms with van der Waals surface area (Å²) in [7, 11) is -10.6. The number of carbonyl (C=O) groups excluding carboxylic acids is 2. The Labute approximate surface area is 119 Å². The van der Waals surface area contributed by atoms with Crippen molar-refractivity contribution >= 4 is 27.1 Å². The summed E-state index contributed by atoms with van der Waals surface area (Å²) in [5, 5.41) is 0. The molecule has 0 radical (unpaired) electrons. The lowest BCUT2D eigenvalue weighted by Gasteiger charge is -2.23. The number of esters is 2. The number of carbonyl (C=O) groups is 2. The number of rotatable bonds is 8. The monoisotopic (exact) mass is 350 g/mol. The van der Waals surface area contributed by atoms with Crippen molar-refractivity contribution in [2.75, 3.05) is 13.2 Å². The van der Waals surface area contributed by atoms with Crippen molar-refractivity contribution in [1.82, 2.24) is 0 Å². The van der Waals surface area contributed by atoms with Crippen LogP contribution in [-0.4, -0.2) is 56.4 Å². The Kier molecular flexibility index (Phi) is 7.69. The molecule has 11 nitrogen and oxygen atoms in total. The van der Waals surface area contributed by atoms with Crippen LogP contribution in [0.15, 0.2) is 0 Å². The molecule has 124 valence electrons. The van der Waals surface area contributed by atoms with Gasteiger partial charge in [0, 0.05) is 0 Å². The van der Waals surface area contributed by atoms with Crippen LogP contribution in [0.2, 0.25) is 0 Å². The summed E-state index contributed by atoms with van der Waals surface area (Å²) < 4.78 is 35.3. The van der Waals surface area contributed by atoms with Crippen molar-refractivity contribution in [2.24, 2.45) is 0 Å². The molecule has 0 fully saturated rings.